The van der Waals surface area contributed by atoms with Gasteiger partial charge in [-0.1, -0.05) is 49.7 Å². The Morgan fingerprint density at radius 1 is 1.20 bits per heavy atom. The summed E-state index contributed by atoms with van der Waals surface area (Å²) in [5.41, 5.74) is 7.75. The number of para-hydroxylation sites is 1. The van der Waals surface area contributed by atoms with Gasteiger partial charge in [0.1, 0.15) is 11.5 Å². The zero-order chi connectivity index (χ0) is 14.5. The van der Waals surface area contributed by atoms with Gasteiger partial charge >= 0.3 is 0 Å². The molecule has 0 radical (unpaired) electrons. The summed E-state index contributed by atoms with van der Waals surface area (Å²) in [7, 11) is 0. The minimum atomic E-state index is 0.433. The minimum Gasteiger partial charge on any atom is -0.457 e. The Bertz CT molecular complexity index is 583. The minimum absolute atomic E-state index is 0.433. The van der Waals surface area contributed by atoms with Gasteiger partial charge in [-0.15, -0.1) is 0 Å². The highest BCUT2D eigenvalue weighted by Gasteiger charge is 2.10. The lowest BCUT2D eigenvalue weighted by atomic mass is 9.98. The molecule has 0 aliphatic rings. The summed E-state index contributed by atoms with van der Waals surface area (Å²) < 4.78 is 5.99. The summed E-state index contributed by atoms with van der Waals surface area (Å²) in [5, 5.41) is 0.644. The van der Waals surface area contributed by atoms with Gasteiger partial charge in [0.2, 0.25) is 0 Å². The van der Waals surface area contributed by atoms with E-state index >= 15 is 0 Å². The first-order chi connectivity index (χ1) is 9.65. The lowest BCUT2D eigenvalue weighted by Gasteiger charge is -2.16. The molecule has 0 aliphatic heterocycles. The number of nitrogens with two attached hydrogens (primary N) is 1. The van der Waals surface area contributed by atoms with E-state index in [9.17, 15) is 0 Å². The molecule has 3 heteroatoms. The number of hydrogen-bond acceptors (Lipinski definition) is 2. The smallest absolute Gasteiger partial charge is 0.130 e. The Kier molecular flexibility index (Phi) is 5.05. The van der Waals surface area contributed by atoms with Crippen LogP contribution in [-0.2, 0) is 6.54 Å². The Morgan fingerprint density at radius 3 is 2.60 bits per heavy atom. The van der Waals surface area contributed by atoms with Crippen molar-refractivity contribution in [1.82, 2.24) is 0 Å². The van der Waals surface area contributed by atoms with Crippen molar-refractivity contribution >= 4 is 11.6 Å². The molecule has 0 bridgehead atoms. The van der Waals surface area contributed by atoms with E-state index < -0.39 is 0 Å². The van der Waals surface area contributed by atoms with Crippen molar-refractivity contribution in [2.45, 2.75) is 32.7 Å². The normalized spacial score (nSPS) is 12.2. The molecule has 0 spiro atoms. The lowest BCUT2D eigenvalue weighted by molar-refractivity contribution is 0.470. The highest BCUT2D eigenvalue weighted by atomic mass is 35.5. The molecule has 0 saturated heterocycles. The number of benzene rings is 2. The van der Waals surface area contributed by atoms with Crippen molar-refractivity contribution < 1.29 is 4.74 Å². The summed E-state index contributed by atoms with van der Waals surface area (Å²) in [4.78, 5) is 0. The van der Waals surface area contributed by atoms with Crippen molar-refractivity contribution in [2.75, 3.05) is 0 Å². The van der Waals surface area contributed by atoms with Gasteiger partial charge in [-0.05, 0) is 41.7 Å². The molecule has 2 aromatic rings. The van der Waals surface area contributed by atoms with Crippen LogP contribution < -0.4 is 10.5 Å². The van der Waals surface area contributed by atoms with Crippen LogP contribution in [0.15, 0.2) is 42.5 Å². The second-order valence-electron chi connectivity index (χ2n) is 4.91. The van der Waals surface area contributed by atoms with Crippen molar-refractivity contribution in [2.24, 2.45) is 5.73 Å². The fourth-order valence-electron chi connectivity index (χ4n) is 2.08. The van der Waals surface area contributed by atoms with E-state index in [1.807, 2.05) is 36.4 Å². The molecule has 20 heavy (non-hydrogen) atoms. The molecule has 0 saturated carbocycles. The molecule has 0 fully saturated rings. The summed E-state index contributed by atoms with van der Waals surface area (Å²) >= 11 is 6.17. The highest BCUT2D eigenvalue weighted by Crippen LogP contribution is 2.33. The first-order valence-corrected chi connectivity index (χ1v) is 7.28. The van der Waals surface area contributed by atoms with Gasteiger partial charge in [-0.2, -0.15) is 0 Å². The number of hydrogen-bond donors (Lipinski definition) is 1. The van der Waals surface area contributed by atoms with E-state index in [0.717, 1.165) is 23.5 Å². The van der Waals surface area contributed by atoms with Crippen LogP contribution in [0.25, 0.3) is 0 Å². The highest BCUT2D eigenvalue weighted by molar-refractivity contribution is 6.31. The first-order valence-electron chi connectivity index (χ1n) is 6.91. The second-order valence-corrected chi connectivity index (χ2v) is 5.31. The average Bonchev–Trinajstić information content (AvgIpc) is 2.47. The van der Waals surface area contributed by atoms with E-state index in [2.05, 4.69) is 19.9 Å². The van der Waals surface area contributed by atoms with Crippen LogP contribution in [-0.4, -0.2) is 0 Å². The van der Waals surface area contributed by atoms with E-state index in [4.69, 9.17) is 22.1 Å². The fourth-order valence-corrected chi connectivity index (χ4v) is 2.33. The predicted molar refractivity (Wildman–Crippen MR) is 84.6 cm³/mol. The van der Waals surface area contributed by atoms with Gasteiger partial charge in [-0.25, -0.2) is 0 Å². The monoisotopic (exact) mass is 289 g/mol. The van der Waals surface area contributed by atoms with E-state index in [-0.39, 0.29) is 0 Å². The Morgan fingerprint density at radius 2 is 1.95 bits per heavy atom. The molecule has 2 N–H and O–H groups in total. The SMILES string of the molecule is CCC(C)c1ccccc1Oc1ccc(CN)c(Cl)c1. The average molecular weight is 290 g/mol. The maximum Gasteiger partial charge on any atom is 0.130 e. The van der Waals surface area contributed by atoms with Crippen molar-refractivity contribution in [3.63, 3.8) is 0 Å². The first kappa shape index (κ1) is 14.9. The van der Waals surface area contributed by atoms with E-state index in [1.165, 1.54) is 5.56 Å². The van der Waals surface area contributed by atoms with Gasteiger partial charge in [0.25, 0.3) is 0 Å². The third-order valence-electron chi connectivity index (χ3n) is 3.53. The van der Waals surface area contributed by atoms with Gasteiger partial charge in [0.05, 0.1) is 0 Å². The van der Waals surface area contributed by atoms with Crippen LogP contribution in [0.1, 0.15) is 37.3 Å². The molecular formula is C17H20ClNO. The Balaban J connectivity index is 2.28. The van der Waals surface area contributed by atoms with E-state index in [1.54, 1.807) is 0 Å². The third kappa shape index (κ3) is 3.33. The maximum atomic E-state index is 6.17. The summed E-state index contributed by atoms with van der Waals surface area (Å²) in [5.74, 6) is 2.09. The van der Waals surface area contributed by atoms with Crippen molar-refractivity contribution in [1.29, 1.82) is 0 Å². The maximum absolute atomic E-state index is 6.17. The van der Waals surface area contributed by atoms with Crippen LogP contribution in [0.5, 0.6) is 11.5 Å². The summed E-state index contributed by atoms with van der Waals surface area (Å²) in [6.45, 7) is 4.81. The second kappa shape index (κ2) is 6.78. The quantitative estimate of drug-likeness (QED) is 0.830. The largest absolute Gasteiger partial charge is 0.457 e. The number of ether oxygens (including phenoxy) is 1. The number of halogens is 1. The molecule has 0 aliphatic carbocycles. The molecular weight excluding hydrogens is 270 g/mol. The van der Waals surface area contributed by atoms with Crippen LogP contribution in [0, 0.1) is 0 Å². The van der Waals surface area contributed by atoms with Gasteiger partial charge < -0.3 is 10.5 Å². The molecule has 106 valence electrons. The molecule has 2 aromatic carbocycles. The fraction of sp³-hybridized carbons (Fsp3) is 0.294. The lowest BCUT2D eigenvalue weighted by Crippen LogP contribution is -1.98. The van der Waals surface area contributed by atoms with Crippen molar-refractivity contribution in [3.8, 4) is 11.5 Å². The molecule has 0 amide bonds. The molecule has 2 rings (SSSR count). The van der Waals surface area contributed by atoms with Crippen LogP contribution in [0.3, 0.4) is 0 Å². The molecule has 1 unspecified atom stereocenters. The Labute approximate surface area is 125 Å². The van der Waals surface area contributed by atoms with Gasteiger partial charge in [0, 0.05) is 11.6 Å². The van der Waals surface area contributed by atoms with Crippen LogP contribution >= 0.6 is 11.6 Å². The van der Waals surface area contributed by atoms with Crippen LogP contribution in [0.4, 0.5) is 0 Å². The van der Waals surface area contributed by atoms with Crippen LogP contribution in [0.2, 0.25) is 5.02 Å². The third-order valence-corrected chi connectivity index (χ3v) is 3.89. The standard InChI is InChI=1S/C17H20ClNO/c1-3-12(2)15-6-4-5-7-17(15)20-14-9-8-13(11-19)16(18)10-14/h4-10,12H,3,11,19H2,1-2H3. The molecule has 0 aromatic heterocycles. The molecule has 1 atom stereocenters. The number of rotatable bonds is 5. The van der Waals surface area contributed by atoms with E-state index in [0.29, 0.717) is 17.5 Å². The zero-order valence-corrected chi connectivity index (χ0v) is 12.7. The van der Waals surface area contributed by atoms with Crippen molar-refractivity contribution in [3.05, 3.63) is 58.6 Å². The summed E-state index contributed by atoms with van der Waals surface area (Å²) in [6.07, 6.45) is 1.08. The zero-order valence-electron chi connectivity index (χ0n) is 11.9. The molecule has 0 heterocycles. The molecule has 2 nitrogen and oxygen atoms in total. The summed E-state index contributed by atoms with van der Waals surface area (Å²) in [6, 6.07) is 13.8. The van der Waals surface area contributed by atoms with Gasteiger partial charge in [-0.3, -0.25) is 0 Å². The van der Waals surface area contributed by atoms with Gasteiger partial charge in [0.15, 0.2) is 0 Å². The predicted octanol–water partition coefficient (Wildman–Crippen LogP) is 5.10. The topological polar surface area (TPSA) is 35.2 Å². The Hall–Kier alpha value is -1.51.